The molecule has 0 aliphatic carbocycles. The Bertz CT molecular complexity index is 562. The van der Waals surface area contributed by atoms with Crippen LogP contribution in [0.2, 0.25) is 0 Å². The third-order valence-corrected chi connectivity index (χ3v) is 2.29. The van der Waals surface area contributed by atoms with Crippen molar-refractivity contribution in [2.45, 2.75) is 12.8 Å². The second kappa shape index (κ2) is 8.02. The van der Waals surface area contributed by atoms with E-state index in [1.54, 1.807) is 30.3 Å². The van der Waals surface area contributed by atoms with Crippen LogP contribution >= 0.6 is 0 Å². The Kier molecular flexibility index (Phi) is 6.37. The molecule has 118 valence electrons. The van der Waals surface area contributed by atoms with Gasteiger partial charge in [-0.25, -0.2) is 4.79 Å². The highest BCUT2D eigenvalue weighted by Crippen LogP contribution is 2.15. The lowest BCUT2D eigenvalue weighted by molar-refractivity contribution is -0.182. The first-order valence-corrected chi connectivity index (χ1v) is 6.10. The van der Waals surface area contributed by atoms with Gasteiger partial charge in [-0.15, -0.1) is 0 Å². The van der Waals surface area contributed by atoms with Gasteiger partial charge >= 0.3 is 12.1 Å². The molecular formula is C15H13F3O4. The minimum absolute atomic E-state index is 0.0290. The Morgan fingerprint density at radius 3 is 2.32 bits per heavy atom. The Labute approximate surface area is 124 Å². The third-order valence-electron chi connectivity index (χ3n) is 2.29. The van der Waals surface area contributed by atoms with E-state index < -0.39 is 30.3 Å². The van der Waals surface area contributed by atoms with Gasteiger partial charge in [0.05, 0.1) is 6.08 Å². The molecule has 0 N–H and O–H groups in total. The summed E-state index contributed by atoms with van der Waals surface area (Å²) in [5.74, 6) is -2.50. The maximum atomic E-state index is 11.9. The summed E-state index contributed by atoms with van der Waals surface area (Å²) in [6, 6.07) is 8.71. The van der Waals surface area contributed by atoms with E-state index in [1.165, 1.54) is 0 Å². The minimum atomic E-state index is -4.64. The summed E-state index contributed by atoms with van der Waals surface area (Å²) < 4.78 is 44.9. The van der Waals surface area contributed by atoms with Crippen molar-refractivity contribution < 1.29 is 32.2 Å². The summed E-state index contributed by atoms with van der Waals surface area (Å²) in [6.07, 6.45) is -3.19. The number of rotatable bonds is 7. The van der Waals surface area contributed by atoms with Gasteiger partial charge in [0, 0.05) is 0 Å². The number of allylic oxidation sites excluding steroid dienone is 1. The fourth-order valence-electron chi connectivity index (χ4n) is 1.32. The van der Waals surface area contributed by atoms with E-state index in [9.17, 15) is 22.8 Å². The van der Waals surface area contributed by atoms with E-state index in [0.29, 0.717) is 11.6 Å². The van der Waals surface area contributed by atoms with Crippen molar-refractivity contribution in [3.63, 3.8) is 0 Å². The zero-order chi connectivity index (χ0) is 16.6. The van der Waals surface area contributed by atoms with Crippen molar-refractivity contribution in [3.05, 3.63) is 60.4 Å². The Morgan fingerprint density at radius 1 is 1.14 bits per heavy atom. The standard InChI is InChI=1S/C15H13F3O4/c1-2-12(19)13(8-14(20)22-10-15(16,17)18)21-9-11-6-4-3-5-7-11/h2-8H,1,9-10H2/b13-8-. The van der Waals surface area contributed by atoms with Crippen LogP contribution in [0, 0.1) is 0 Å². The van der Waals surface area contributed by atoms with Crippen molar-refractivity contribution in [1.29, 1.82) is 0 Å². The lowest BCUT2D eigenvalue weighted by atomic mass is 10.2. The van der Waals surface area contributed by atoms with Crippen LogP contribution in [0.15, 0.2) is 54.8 Å². The highest BCUT2D eigenvalue weighted by atomic mass is 19.4. The van der Waals surface area contributed by atoms with E-state index in [1.807, 2.05) is 0 Å². The monoisotopic (exact) mass is 314 g/mol. The molecule has 1 rings (SSSR count). The van der Waals surface area contributed by atoms with Gasteiger partial charge in [-0.1, -0.05) is 36.9 Å². The van der Waals surface area contributed by atoms with E-state index in [2.05, 4.69) is 11.3 Å². The summed E-state index contributed by atoms with van der Waals surface area (Å²) in [7, 11) is 0. The zero-order valence-electron chi connectivity index (χ0n) is 11.4. The molecule has 0 aliphatic heterocycles. The fourth-order valence-corrected chi connectivity index (χ4v) is 1.32. The first-order chi connectivity index (χ1) is 10.3. The van der Waals surface area contributed by atoms with E-state index >= 15 is 0 Å². The van der Waals surface area contributed by atoms with Crippen LogP contribution in [0.4, 0.5) is 13.2 Å². The van der Waals surface area contributed by atoms with Gasteiger partial charge in [-0.2, -0.15) is 13.2 Å². The Hall–Kier alpha value is -2.57. The Balaban J connectivity index is 2.71. The fraction of sp³-hybridized carbons (Fsp3) is 0.200. The highest BCUT2D eigenvalue weighted by Gasteiger charge is 2.29. The van der Waals surface area contributed by atoms with Crippen molar-refractivity contribution in [2.75, 3.05) is 6.61 Å². The van der Waals surface area contributed by atoms with Gasteiger partial charge in [0.15, 0.2) is 12.4 Å². The van der Waals surface area contributed by atoms with Gasteiger partial charge in [0.1, 0.15) is 6.61 Å². The molecule has 0 aromatic heterocycles. The SMILES string of the molecule is C=CC(=O)/C(=C/C(=O)OCC(F)(F)F)OCc1ccccc1. The molecule has 0 saturated heterocycles. The van der Waals surface area contributed by atoms with Gasteiger partial charge < -0.3 is 9.47 Å². The second-order valence-corrected chi connectivity index (χ2v) is 4.07. The van der Waals surface area contributed by atoms with Crippen LogP contribution < -0.4 is 0 Å². The molecule has 0 heterocycles. The maximum Gasteiger partial charge on any atom is 0.422 e. The quantitative estimate of drug-likeness (QED) is 0.441. The molecule has 0 unspecified atom stereocenters. The van der Waals surface area contributed by atoms with Crippen LogP contribution in [0.1, 0.15) is 5.56 Å². The lowest BCUT2D eigenvalue weighted by Crippen LogP contribution is -2.20. The molecule has 0 aliphatic rings. The first kappa shape index (κ1) is 17.5. The normalized spacial score (nSPS) is 11.7. The first-order valence-electron chi connectivity index (χ1n) is 6.10. The van der Waals surface area contributed by atoms with E-state index in [0.717, 1.165) is 6.08 Å². The highest BCUT2D eigenvalue weighted by molar-refractivity contribution is 6.05. The second-order valence-electron chi connectivity index (χ2n) is 4.07. The smallest absolute Gasteiger partial charge is 0.422 e. The predicted molar refractivity (Wildman–Crippen MR) is 71.5 cm³/mol. The summed E-state index contributed by atoms with van der Waals surface area (Å²) in [5, 5.41) is 0. The predicted octanol–water partition coefficient (Wildman–Crippen LogP) is 2.95. The van der Waals surface area contributed by atoms with Crippen LogP contribution in [-0.2, 0) is 25.7 Å². The Morgan fingerprint density at radius 2 is 1.77 bits per heavy atom. The average molecular weight is 314 g/mol. The number of benzene rings is 1. The largest absolute Gasteiger partial charge is 0.485 e. The third kappa shape index (κ3) is 6.74. The zero-order valence-corrected chi connectivity index (χ0v) is 11.4. The summed E-state index contributed by atoms with van der Waals surface area (Å²) in [6.45, 7) is 1.46. The number of carbonyl (C=O) groups excluding carboxylic acids is 2. The molecular weight excluding hydrogens is 301 g/mol. The molecule has 0 atom stereocenters. The number of alkyl halides is 3. The van der Waals surface area contributed by atoms with E-state index in [-0.39, 0.29) is 6.61 Å². The van der Waals surface area contributed by atoms with Gasteiger partial charge in [0.25, 0.3) is 0 Å². The number of ketones is 1. The number of esters is 1. The van der Waals surface area contributed by atoms with Crippen LogP contribution in [-0.4, -0.2) is 24.5 Å². The maximum absolute atomic E-state index is 11.9. The number of hydrogen-bond acceptors (Lipinski definition) is 4. The number of halogens is 3. The molecule has 0 amide bonds. The van der Waals surface area contributed by atoms with Crippen molar-refractivity contribution in [1.82, 2.24) is 0 Å². The molecule has 1 aromatic rings. The summed E-state index contributed by atoms with van der Waals surface area (Å²) >= 11 is 0. The topological polar surface area (TPSA) is 52.6 Å². The van der Waals surface area contributed by atoms with Crippen molar-refractivity contribution >= 4 is 11.8 Å². The molecule has 0 saturated carbocycles. The number of ether oxygens (including phenoxy) is 2. The molecule has 1 aromatic carbocycles. The van der Waals surface area contributed by atoms with Crippen molar-refractivity contribution in [2.24, 2.45) is 0 Å². The van der Waals surface area contributed by atoms with Crippen molar-refractivity contribution in [3.8, 4) is 0 Å². The molecule has 7 heteroatoms. The molecule has 0 radical (unpaired) electrons. The molecule has 0 fully saturated rings. The van der Waals surface area contributed by atoms with Crippen LogP contribution in [0.3, 0.4) is 0 Å². The lowest BCUT2D eigenvalue weighted by Gasteiger charge is -2.09. The molecule has 4 nitrogen and oxygen atoms in total. The van der Waals surface area contributed by atoms with E-state index in [4.69, 9.17) is 4.74 Å². The minimum Gasteiger partial charge on any atom is -0.485 e. The van der Waals surface area contributed by atoms with Crippen LogP contribution in [0.25, 0.3) is 0 Å². The molecule has 0 spiro atoms. The number of carbonyl (C=O) groups is 2. The van der Waals surface area contributed by atoms with Gasteiger partial charge in [0.2, 0.25) is 5.78 Å². The van der Waals surface area contributed by atoms with Crippen LogP contribution in [0.5, 0.6) is 0 Å². The number of hydrogen-bond donors (Lipinski definition) is 0. The molecule has 0 bridgehead atoms. The van der Waals surface area contributed by atoms with Gasteiger partial charge in [-0.05, 0) is 11.6 Å². The molecule has 22 heavy (non-hydrogen) atoms. The van der Waals surface area contributed by atoms with Gasteiger partial charge in [-0.3, -0.25) is 4.79 Å². The summed E-state index contributed by atoms with van der Waals surface area (Å²) in [4.78, 5) is 22.8. The average Bonchev–Trinajstić information content (AvgIpc) is 2.49. The summed E-state index contributed by atoms with van der Waals surface area (Å²) in [5.41, 5.74) is 0.717.